The standard InChI is InChI=1S/C15H15BrN2OS/c1-10-3-4-11(2)13(7-10)20-9-15(19)18-14-6-5-12(16)8-17-14/h3-8H,9H2,1-2H3,(H,17,18,19). The lowest BCUT2D eigenvalue weighted by molar-refractivity contribution is -0.113. The number of aromatic nitrogens is 1. The van der Waals surface area contributed by atoms with E-state index < -0.39 is 0 Å². The van der Waals surface area contributed by atoms with Crippen LogP contribution in [0.15, 0.2) is 45.9 Å². The average Bonchev–Trinajstić information content (AvgIpc) is 2.42. The second-order valence-electron chi connectivity index (χ2n) is 4.47. The Labute approximate surface area is 131 Å². The molecule has 1 aromatic heterocycles. The summed E-state index contributed by atoms with van der Waals surface area (Å²) >= 11 is 4.85. The first-order valence-electron chi connectivity index (χ1n) is 6.16. The number of halogens is 1. The molecule has 0 saturated carbocycles. The molecule has 0 aliphatic carbocycles. The van der Waals surface area contributed by atoms with Gasteiger partial charge in [0.05, 0.1) is 5.75 Å². The van der Waals surface area contributed by atoms with E-state index in [0.29, 0.717) is 11.6 Å². The highest BCUT2D eigenvalue weighted by atomic mass is 79.9. The number of anilines is 1. The van der Waals surface area contributed by atoms with E-state index in [1.807, 2.05) is 6.07 Å². The molecule has 1 heterocycles. The third-order valence-corrected chi connectivity index (χ3v) is 4.32. The number of aryl methyl sites for hydroxylation is 2. The summed E-state index contributed by atoms with van der Waals surface area (Å²) in [5, 5.41) is 2.78. The van der Waals surface area contributed by atoms with Crippen molar-refractivity contribution in [3.63, 3.8) is 0 Å². The minimum Gasteiger partial charge on any atom is -0.310 e. The molecule has 0 atom stereocenters. The molecule has 0 bridgehead atoms. The summed E-state index contributed by atoms with van der Waals surface area (Å²) in [6, 6.07) is 9.87. The minimum absolute atomic E-state index is 0.0503. The average molecular weight is 351 g/mol. The number of nitrogens with zero attached hydrogens (tertiary/aromatic N) is 1. The molecule has 1 amide bonds. The van der Waals surface area contributed by atoms with E-state index in [9.17, 15) is 4.79 Å². The number of hydrogen-bond donors (Lipinski definition) is 1. The molecule has 0 aliphatic rings. The molecule has 2 rings (SSSR count). The molecular weight excluding hydrogens is 336 g/mol. The molecule has 0 unspecified atom stereocenters. The monoisotopic (exact) mass is 350 g/mol. The van der Waals surface area contributed by atoms with Crippen LogP contribution in [-0.2, 0) is 4.79 Å². The number of carbonyl (C=O) groups is 1. The van der Waals surface area contributed by atoms with Crippen molar-refractivity contribution in [1.82, 2.24) is 4.98 Å². The zero-order valence-electron chi connectivity index (χ0n) is 11.3. The van der Waals surface area contributed by atoms with E-state index in [-0.39, 0.29) is 5.91 Å². The van der Waals surface area contributed by atoms with Crippen LogP contribution < -0.4 is 5.32 Å². The molecule has 1 aromatic carbocycles. The van der Waals surface area contributed by atoms with E-state index in [2.05, 4.69) is 58.3 Å². The molecule has 0 fully saturated rings. The summed E-state index contributed by atoms with van der Waals surface area (Å²) in [7, 11) is 0. The summed E-state index contributed by atoms with van der Waals surface area (Å²) in [4.78, 5) is 17.1. The zero-order valence-corrected chi connectivity index (χ0v) is 13.7. The van der Waals surface area contributed by atoms with Gasteiger partial charge >= 0.3 is 0 Å². The highest BCUT2D eigenvalue weighted by Crippen LogP contribution is 2.23. The van der Waals surface area contributed by atoms with E-state index in [4.69, 9.17) is 0 Å². The Kier molecular flexibility index (Phi) is 5.20. The van der Waals surface area contributed by atoms with Gasteiger partial charge in [-0.05, 0) is 53.5 Å². The van der Waals surface area contributed by atoms with Crippen LogP contribution in [0.25, 0.3) is 0 Å². The van der Waals surface area contributed by atoms with Crippen molar-refractivity contribution in [1.29, 1.82) is 0 Å². The van der Waals surface area contributed by atoms with E-state index in [0.717, 1.165) is 9.37 Å². The minimum atomic E-state index is -0.0503. The summed E-state index contributed by atoms with van der Waals surface area (Å²) in [6.07, 6.45) is 1.66. The quantitative estimate of drug-likeness (QED) is 0.840. The smallest absolute Gasteiger partial charge is 0.235 e. The van der Waals surface area contributed by atoms with Crippen LogP contribution in [-0.4, -0.2) is 16.6 Å². The topological polar surface area (TPSA) is 42.0 Å². The van der Waals surface area contributed by atoms with E-state index in [1.165, 1.54) is 11.1 Å². The fourth-order valence-electron chi connectivity index (χ4n) is 1.63. The van der Waals surface area contributed by atoms with Gasteiger partial charge in [-0.3, -0.25) is 4.79 Å². The first-order chi connectivity index (χ1) is 9.54. The third-order valence-electron chi connectivity index (χ3n) is 2.70. The molecular formula is C15H15BrN2OS. The van der Waals surface area contributed by atoms with Gasteiger partial charge in [-0.15, -0.1) is 11.8 Å². The maximum absolute atomic E-state index is 11.9. The number of carbonyl (C=O) groups excluding carboxylic acids is 1. The van der Waals surface area contributed by atoms with Crippen molar-refractivity contribution in [3.05, 3.63) is 52.1 Å². The maximum Gasteiger partial charge on any atom is 0.235 e. The molecule has 0 saturated heterocycles. The Morgan fingerprint density at radius 1 is 1.30 bits per heavy atom. The molecule has 0 radical (unpaired) electrons. The predicted octanol–water partition coefficient (Wildman–Crippen LogP) is 4.19. The van der Waals surface area contributed by atoms with Crippen LogP contribution in [0.2, 0.25) is 0 Å². The van der Waals surface area contributed by atoms with Crippen molar-refractivity contribution < 1.29 is 4.79 Å². The van der Waals surface area contributed by atoms with Crippen LogP contribution >= 0.6 is 27.7 Å². The lowest BCUT2D eigenvalue weighted by Gasteiger charge is -2.07. The molecule has 1 N–H and O–H groups in total. The van der Waals surface area contributed by atoms with Crippen molar-refractivity contribution >= 4 is 39.4 Å². The number of rotatable bonds is 4. The molecule has 3 nitrogen and oxygen atoms in total. The van der Waals surface area contributed by atoms with Crippen LogP contribution in [0.5, 0.6) is 0 Å². The van der Waals surface area contributed by atoms with Gasteiger partial charge in [0.2, 0.25) is 5.91 Å². The van der Waals surface area contributed by atoms with Crippen LogP contribution in [0, 0.1) is 13.8 Å². The Balaban J connectivity index is 1.92. The van der Waals surface area contributed by atoms with Crippen LogP contribution in [0.3, 0.4) is 0 Å². The van der Waals surface area contributed by atoms with E-state index >= 15 is 0 Å². The van der Waals surface area contributed by atoms with Gasteiger partial charge < -0.3 is 5.32 Å². The normalized spacial score (nSPS) is 10.3. The Morgan fingerprint density at radius 3 is 2.80 bits per heavy atom. The fourth-order valence-corrected chi connectivity index (χ4v) is 2.79. The summed E-state index contributed by atoms with van der Waals surface area (Å²) in [5.74, 6) is 0.896. The van der Waals surface area contributed by atoms with E-state index in [1.54, 1.807) is 24.0 Å². The van der Waals surface area contributed by atoms with Gasteiger partial charge in [0.25, 0.3) is 0 Å². The summed E-state index contributed by atoms with van der Waals surface area (Å²) in [5.41, 5.74) is 2.39. The highest BCUT2D eigenvalue weighted by Gasteiger charge is 2.06. The number of hydrogen-bond acceptors (Lipinski definition) is 3. The Hall–Kier alpha value is -1.33. The van der Waals surface area contributed by atoms with Crippen molar-refractivity contribution in [2.24, 2.45) is 0 Å². The fraction of sp³-hybridized carbons (Fsp3) is 0.200. The lowest BCUT2D eigenvalue weighted by Crippen LogP contribution is -2.14. The van der Waals surface area contributed by atoms with Crippen LogP contribution in [0.4, 0.5) is 5.82 Å². The maximum atomic E-state index is 11.9. The predicted molar refractivity (Wildman–Crippen MR) is 87.2 cm³/mol. The number of benzene rings is 1. The second-order valence-corrected chi connectivity index (χ2v) is 6.40. The summed E-state index contributed by atoms with van der Waals surface area (Å²) < 4.78 is 0.889. The first-order valence-corrected chi connectivity index (χ1v) is 7.94. The molecule has 20 heavy (non-hydrogen) atoms. The number of amides is 1. The van der Waals surface area contributed by atoms with Crippen molar-refractivity contribution in [2.45, 2.75) is 18.7 Å². The number of pyridine rings is 1. The highest BCUT2D eigenvalue weighted by molar-refractivity contribution is 9.10. The SMILES string of the molecule is Cc1ccc(C)c(SCC(=O)Nc2ccc(Br)cn2)c1. The van der Waals surface area contributed by atoms with Crippen molar-refractivity contribution in [2.75, 3.05) is 11.1 Å². The number of nitrogens with one attached hydrogen (secondary N) is 1. The van der Waals surface area contributed by atoms with Gasteiger partial charge in [-0.1, -0.05) is 17.7 Å². The molecule has 5 heteroatoms. The van der Waals surface area contributed by atoms with Crippen LogP contribution in [0.1, 0.15) is 11.1 Å². The number of thioether (sulfide) groups is 1. The largest absolute Gasteiger partial charge is 0.310 e. The van der Waals surface area contributed by atoms with Gasteiger partial charge in [0.15, 0.2) is 0 Å². The summed E-state index contributed by atoms with van der Waals surface area (Å²) in [6.45, 7) is 4.10. The zero-order chi connectivity index (χ0) is 14.5. The lowest BCUT2D eigenvalue weighted by atomic mass is 10.2. The Morgan fingerprint density at radius 2 is 2.10 bits per heavy atom. The third kappa shape index (κ3) is 4.35. The van der Waals surface area contributed by atoms with Crippen molar-refractivity contribution in [3.8, 4) is 0 Å². The van der Waals surface area contributed by atoms with Gasteiger partial charge in [0.1, 0.15) is 5.82 Å². The molecule has 104 valence electrons. The Bertz CT molecular complexity index is 614. The molecule has 0 spiro atoms. The van der Waals surface area contributed by atoms with Gasteiger partial charge in [0, 0.05) is 15.6 Å². The van der Waals surface area contributed by atoms with Gasteiger partial charge in [-0.25, -0.2) is 4.98 Å². The first kappa shape index (κ1) is 15.1. The molecule has 2 aromatic rings. The van der Waals surface area contributed by atoms with Gasteiger partial charge in [-0.2, -0.15) is 0 Å². The second kappa shape index (κ2) is 6.90. The molecule has 0 aliphatic heterocycles.